The van der Waals surface area contributed by atoms with Gasteiger partial charge in [-0.1, -0.05) is 133 Å². The van der Waals surface area contributed by atoms with Gasteiger partial charge in [-0.3, -0.25) is 0 Å². The molecule has 0 aliphatic carbocycles. The molecule has 1 N–H and O–H groups in total. The van der Waals surface area contributed by atoms with Gasteiger partial charge in [0.1, 0.15) is 34.3 Å². The van der Waals surface area contributed by atoms with E-state index in [0.29, 0.717) is 5.84 Å². The van der Waals surface area contributed by atoms with Crippen molar-refractivity contribution >= 4 is 66.3 Å². The van der Waals surface area contributed by atoms with Crippen LogP contribution in [0.4, 0.5) is 0 Å². The lowest BCUT2D eigenvalue weighted by Crippen LogP contribution is -2.33. The van der Waals surface area contributed by atoms with Gasteiger partial charge in [-0.15, -0.1) is 0 Å². The molecule has 5 heteroatoms. The molecule has 1 atom stereocenters. The summed E-state index contributed by atoms with van der Waals surface area (Å²) in [6.45, 7) is 0. The fourth-order valence-electron chi connectivity index (χ4n) is 7.94. The molecule has 3 heterocycles. The fourth-order valence-corrected chi connectivity index (χ4v) is 7.94. The second-order valence-corrected chi connectivity index (χ2v) is 13.8. The first kappa shape index (κ1) is 30.4. The van der Waals surface area contributed by atoms with Crippen LogP contribution >= 0.6 is 0 Å². The molecule has 8 aromatic carbocycles. The van der Waals surface area contributed by atoms with Gasteiger partial charge in [0.15, 0.2) is 5.84 Å². The molecule has 2 aromatic heterocycles. The smallest absolute Gasteiger partial charge is 0.159 e. The van der Waals surface area contributed by atoms with Crippen LogP contribution in [0, 0.1) is 0 Å². The Bertz CT molecular complexity index is 3140. The summed E-state index contributed by atoms with van der Waals surface area (Å²) >= 11 is 0. The van der Waals surface area contributed by atoms with Crippen LogP contribution in [0.5, 0.6) is 0 Å². The highest BCUT2D eigenvalue weighted by atomic mass is 16.3. The molecule has 0 spiro atoms. The second kappa shape index (κ2) is 12.2. The zero-order valence-corrected chi connectivity index (χ0v) is 29.0. The van der Waals surface area contributed by atoms with Crippen molar-refractivity contribution in [1.82, 2.24) is 5.32 Å². The summed E-state index contributed by atoms with van der Waals surface area (Å²) in [5.41, 5.74) is 11.0. The molecule has 11 rings (SSSR count). The van der Waals surface area contributed by atoms with Crippen LogP contribution in [0.1, 0.15) is 22.9 Å². The van der Waals surface area contributed by atoms with Crippen molar-refractivity contribution < 1.29 is 8.83 Å². The van der Waals surface area contributed by atoms with Gasteiger partial charge in [-0.2, -0.15) is 0 Å². The van der Waals surface area contributed by atoms with Gasteiger partial charge in [-0.05, 0) is 75.5 Å². The molecule has 10 aromatic rings. The van der Waals surface area contributed by atoms with Crippen LogP contribution in [0.3, 0.4) is 0 Å². The van der Waals surface area contributed by atoms with Gasteiger partial charge in [0.25, 0.3) is 0 Å². The molecule has 0 amide bonds. The van der Waals surface area contributed by atoms with Gasteiger partial charge in [0, 0.05) is 38.2 Å². The first-order valence-corrected chi connectivity index (χ1v) is 18.2. The van der Waals surface area contributed by atoms with E-state index in [0.717, 1.165) is 88.3 Å². The summed E-state index contributed by atoms with van der Waals surface area (Å²) in [6, 6.07) is 61.1. The lowest BCUT2D eigenvalue weighted by Gasteiger charge is -2.24. The molecule has 0 saturated heterocycles. The Morgan fingerprint density at radius 1 is 0.426 bits per heavy atom. The van der Waals surface area contributed by atoms with E-state index < -0.39 is 0 Å². The zero-order chi connectivity index (χ0) is 35.6. The van der Waals surface area contributed by atoms with Crippen LogP contribution in [-0.2, 0) is 0 Å². The van der Waals surface area contributed by atoms with Crippen LogP contribution in [0.2, 0.25) is 0 Å². The zero-order valence-electron chi connectivity index (χ0n) is 29.0. The minimum Gasteiger partial charge on any atom is -0.456 e. The van der Waals surface area contributed by atoms with E-state index in [4.69, 9.17) is 18.8 Å². The molecule has 1 unspecified atom stereocenters. The molecular weight excluding hydrogens is 663 g/mol. The van der Waals surface area contributed by atoms with Crippen LogP contribution in [0.25, 0.3) is 76.9 Å². The summed E-state index contributed by atoms with van der Waals surface area (Å²) in [4.78, 5) is 10.3. The van der Waals surface area contributed by atoms with Crippen LogP contribution in [0.15, 0.2) is 195 Å². The molecule has 0 saturated carbocycles. The number of para-hydroxylation sites is 1. The third-order valence-corrected chi connectivity index (χ3v) is 10.5. The van der Waals surface area contributed by atoms with E-state index in [2.05, 4.69) is 133 Å². The van der Waals surface area contributed by atoms with Crippen molar-refractivity contribution in [2.45, 2.75) is 6.17 Å². The highest BCUT2D eigenvalue weighted by molar-refractivity contribution is 6.16. The van der Waals surface area contributed by atoms with Gasteiger partial charge < -0.3 is 14.2 Å². The Kier molecular flexibility index (Phi) is 6.85. The SMILES string of the molecule is c1ccc(C2=NC(c3cccc4oc5ccccc5c34)NC(c3ccc4ccc(-c5cccc6oc7ccc(-c8ccccc8)cc7c56)cc4c3)=N2)cc1. The third-order valence-electron chi connectivity index (χ3n) is 10.5. The van der Waals surface area contributed by atoms with E-state index in [1.165, 1.54) is 11.1 Å². The summed E-state index contributed by atoms with van der Waals surface area (Å²) in [5.74, 6) is 1.45. The Morgan fingerprint density at radius 2 is 1.07 bits per heavy atom. The maximum Gasteiger partial charge on any atom is 0.159 e. The predicted octanol–water partition coefficient (Wildman–Crippen LogP) is 12.5. The number of amidine groups is 2. The standard InChI is InChI=1S/C49H31N3O2/c1-3-11-30(12-4-1)33-25-26-42-40(29-33)45-37(16-9-19-43(45)54-42)34-23-21-31-22-24-35(28-36(31)27-34)48-50-47(32-13-5-2-6-14-32)51-49(52-48)39-17-10-20-44-46(39)38-15-7-8-18-41(38)53-44/h1-29,49H,(H,50,51,52). The van der Waals surface area contributed by atoms with Crippen molar-refractivity contribution in [2.24, 2.45) is 9.98 Å². The number of hydrogen-bond acceptors (Lipinski definition) is 5. The molecule has 0 radical (unpaired) electrons. The van der Waals surface area contributed by atoms with Gasteiger partial charge in [0.05, 0.1) is 0 Å². The van der Waals surface area contributed by atoms with Crippen molar-refractivity contribution in [3.8, 4) is 22.3 Å². The first-order valence-electron chi connectivity index (χ1n) is 18.2. The van der Waals surface area contributed by atoms with Crippen molar-refractivity contribution in [3.63, 3.8) is 0 Å². The molecule has 1 aliphatic heterocycles. The Balaban J connectivity index is 1.03. The van der Waals surface area contributed by atoms with Gasteiger partial charge >= 0.3 is 0 Å². The number of fused-ring (bicyclic) bond motifs is 7. The summed E-state index contributed by atoms with van der Waals surface area (Å²) in [7, 11) is 0. The van der Waals surface area contributed by atoms with Crippen LogP contribution < -0.4 is 5.32 Å². The monoisotopic (exact) mass is 693 g/mol. The normalized spacial score (nSPS) is 14.5. The lowest BCUT2D eigenvalue weighted by atomic mass is 9.95. The molecule has 0 fully saturated rings. The fraction of sp³-hybridized carbons (Fsp3) is 0.0204. The number of nitrogens with zero attached hydrogens (tertiary/aromatic N) is 2. The number of aliphatic imine (C=N–C) groups is 2. The van der Waals surface area contributed by atoms with Gasteiger partial charge in [-0.25, -0.2) is 9.98 Å². The summed E-state index contributed by atoms with van der Waals surface area (Å²) in [6.07, 6.45) is -0.382. The minimum absolute atomic E-state index is 0.382. The highest BCUT2D eigenvalue weighted by Crippen LogP contribution is 2.40. The average Bonchev–Trinajstić information content (AvgIpc) is 3.82. The maximum absolute atomic E-state index is 6.39. The van der Waals surface area contributed by atoms with E-state index in [1.54, 1.807) is 0 Å². The molecule has 0 bridgehead atoms. The quantitative estimate of drug-likeness (QED) is 0.195. The topological polar surface area (TPSA) is 63.0 Å². The molecule has 54 heavy (non-hydrogen) atoms. The lowest BCUT2D eigenvalue weighted by molar-refractivity contribution is 0.662. The van der Waals surface area contributed by atoms with E-state index >= 15 is 0 Å². The van der Waals surface area contributed by atoms with Crippen molar-refractivity contribution in [1.29, 1.82) is 0 Å². The van der Waals surface area contributed by atoms with Gasteiger partial charge in [0.2, 0.25) is 0 Å². The third kappa shape index (κ3) is 5.01. The highest BCUT2D eigenvalue weighted by Gasteiger charge is 2.25. The van der Waals surface area contributed by atoms with Crippen molar-refractivity contribution in [3.05, 3.63) is 193 Å². The Labute approximate surface area is 310 Å². The molecule has 254 valence electrons. The summed E-state index contributed by atoms with van der Waals surface area (Å²) in [5, 5.41) is 10.3. The first-order chi connectivity index (χ1) is 26.7. The number of hydrogen-bond donors (Lipinski definition) is 1. The van der Waals surface area contributed by atoms with Crippen LogP contribution in [-0.4, -0.2) is 11.7 Å². The number of furan rings is 2. The number of rotatable bonds is 5. The maximum atomic E-state index is 6.39. The van der Waals surface area contributed by atoms with E-state index in [1.807, 2.05) is 48.5 Å². The number of nitrogens with one attached hydrogen (secondary N) is 1. The second-order valence-electron chi connectivity index (χ2n) is 13.8. The molecule has 1 aliphatic rings. The summed E-state index contributed by atoms with van der Waals surface area (Å²) < 4.78 is 12.7. The van der Waals surface area contributed by atoms with Crippen molar-refractivity contribution in [2.75, 3.05) is 0 Å². The molecular formula is C49H31N3O2. The largest absolute Gasteiger partial charge is 0.456 e. The number of benzene rings is 8. The van der Waals surface area contributed by atoms with E-state index in [-0.39, 0.29) is 6.17 Å². The average molecular weight is 694 g/mol. The Morgan fingerprint density at radius 3 is 1.91 bits per heavy atom. The Hall–Kier alpha value is -7.24. The molecule has 5 nitrogen and oxygen atoms in total. The van der Waals surface area contributed by atoms with E-state index in [9.17, 15) is 0 Å². The minimum atomic E-state index is -0.382. The predicted molar refractivity (Wildman–Crippen MR) is 221 cm³/mol.